The highest BCUT2D eigenvalue weighted by Crippen LogP contribution is 1.98. The quantitative estimate of drug-likeness (QED) is 0.635. The molecule has 0 saturated carbocycles. The smallest absolute Gasteiger partial charge is 0.306 e. The number of amides is 1. The number of carbonyl (C=O) groups is 2. The van der Waals surface area contributed by atoms with Crippen molar-refractivity contribution >= 4 is 11.9 Å². The zero-order valence-corrected chi connectivity index (χ0v) is 9.87. The maximum atomic E-state index is 11.4. The number of nitrogens with zero attached hydrogens (tertiary/aromatic N) is 1. The zero-order chi connectivity index (χ0) is 11.8. The monoisotopic (exact) mass is 216 g/mol. The van der Waals surface area contributed by atoms with Crippen LogP contribution in [0.1, 0.15) is 20.3 Å². The van der Waals surface area contributed by atoms with Crippen LogP contribution in [0.5, 0.6) is 0 Å². The van der Waals surface area contributed by atoms with Crippen molar-refractivity contribution in [3.8, 4) is 0 Å². The van der Waals surface area contributed by atoms with E-state index in [1.807, 2.05) is 25.8 Å². The van der Waals surface area contributed by atoms with Gasteiger partial charge >= 0.3 is 5.97 Å². The van der Waals surface area contributed by atoms with Crippen LogP contribution in [0.15, 0.2) is 0 Å². The molecule has 0 rings (SSSR count). The third kappa shape index (κ3) is 5.37. The first-order valence-corrected chi connectivity index (χ1v) is 5.07. The van der Waals surface area contributed by atoms with Gasteiger partial charge in [0, 0.05) is 13.1 Å². The Morgan fingerprint density at radius 2 is 2.07 bits per heavy atom. The molecule has 1 N–H and O–H groups in total. The molecule has 0 aromatic heterocycles. The standard InChI is InChI=1S/C10H20N2O3/c1-5-11-10(14)8(2)12(3)7-6-9(13)15-4/h8H,5-7H2,1-4H3,(H,11,14). The van der Waals surface area contributed by atoms with E-state index in [2.05, 4.69) is 10.1 Å². The molecule has 0 aliphatic heterocycles. The molecule has 0 aromatic rings. The molecule has 0 aliphatic carbocycles. The van der Waals surface area contributed by atoms with Crippen molar-refractivity contribution in [2.24, 2.45) is 0 Å². The average Bonchev–Trinajstić information content (AvgIpc) is 2.24. The van der Waals surface area contributed by atoms with Crippen LogP contribution in [0.25, 0.3) is 0 Å². The molecule has 0 heterocycles. The Balaban J connectivity index is 3.92. The van der Waals surface area contributed by atoms with Crippen molar-refractivity contribution < 1.29 is 14.3 Å². The Kier molecular flexibility index (Phi) is 6.70. The highest BCUT2D eigenvalue weighted by molar-refractivity contribution is 5.81. The van der Waals surface area contributed by atoms with E-state index in [1.54, 1.807) is 0 Å². The summed E-state index contributed by atoms with van der Waals surface area (Å²) in [4.78, 5) is 24.1. The normalized spacial score (nSPS) is 12.3. The number of esters is 1. The molecule has 88 valence electrons. The highest BCUT2D eigenvalue weighted by atomic mass is 16.5. The van der Waals surface area contributed by atoms with Crippen LogP contribution in [0.4, 0.5) is 0 Å². The number of nitrogens with one attached hydrogen (secondary N) is 1. The van der Waals surface area contributed by atoms with Gasteiger partial charge in [-0.3, -0.25) is 14.5 Å². The second-order valence-corrected chi connectivity index (χ2v) is 3.38. The number of methoxy groups -OCH3 is 1. The third-order valence-electron chi connectivity index (χ3n) is 2.29. The summed E-state index contributed by atoms with van der Waals surface area (Å²) in [5.74, 6) is -0.283. The van der Waals surface area contributed by atoms with Crippen LogP contribution >= 0.6 is 0 Å². The first-order chi connectivity index (χ1) is 7.02. The predicted molar refractivity (Wildman–Crippen MR) is 57.4 cm³/mol. The Morgan fingerprint density at radius 1 is 1.47 bits per heavy atom. The third-order valence-corrected chi connectivity index (χ3v) is 2.29. The lowest BCUT2D eigenvalue weighted by Crippen LogP contribution is -2.43. The van der Waals surface area contributed by atoms with E-state index in [1.165, 1.54) is 7.11 Å². The van der Waals surface area contributed by atoms with Gasteiger partial charge < -0.3 is 10.1 Å². The van der Waals surface area contributed by atoms with Gasteiger partial charge in [-0.05, 0) is 20.9 Å². The number of ether oxygens (including phenoxy) is 1. The molecule has 0 aromatic carbocycles. The van der Waals surface area contributed by atoms with Crippen molar-refractivity contribution in [3.63, 3.8) is 0 Å². The second kappa shape index (κ2) is 7.23. The topological polar surface area (TPSA) is 58.6 Å². The Labute approximate surface area is 90.8 Å². The first kappa shape index (κ1) is 13.9. The second-order valence-electron chi connectivity index (χ2n) is 3.38. The molecule has 0 spiro atoms. The number of carbonyl (C=O) groups excluding carboxylic acids is 2. The molecule has 1 unspecified atom stereocenters. The van der Waals surface area contributed by atoms with Gasteiger partial charge in [-0.25, -0.2) is 0 Å². The molecule has 1 atom stereocenters. The summed E-state index contributed by atoms with van der Waals surface area (Å²) in [6, 6.07) is -0.227. The lowest BCUT2D eigenvalue weighted by molar-refractivity contribution is -0.141. The molecule has 0 bridgehead atoms. The number of likely N-dealkylation sites (N-methyl/N-ethyl adjacent to an activating group) is 2. The molecule has 5 nitrogen and oxygen atoms in total. The highest BCUT2D eigenvalue weighted by Gasteiger charge is 2.17. The largest absolute Gasteiger partial charge is 0.469 e. The first-order valence-electron chi connectivity index (χ1n) is 5.07. The van der Waals surface area contributed by atoms with Gasteiger partial charge in [-0.15, -0.1) is 0 Å². The number of hydrogen-bond acceptors (Lipinski definition) is 4. The van der Waals surface area contributed by atoms with Gasteiger partial charge in [-0.1, -0.05) is 0 Å². The molecule has 1 amide bonds. The minimum atomic E-state index is -0.259. The summed E-state index contributed by atoms with van der Waals surface area (Å²) >= 11 is 0. The summed E-state index contributed by atoms with van der Waals surface area (Å²) in [6.07, 6.45) is 0.302. The summed E-state index contributed by atoms with van der Waals surface area (Å²) in [5.41, 5.74) is 0. The van der Waals surface area contributed by atoms with Gasteiger partial charge in [0.15, 0.2) is 0 Å². The van der Waals surface area contributed by atoms with Gasteiger partial charge in [0.1, 0.15) is 0 Å². The molecule has 5 heteroatoms. The van der Waals surface area contributed by atoms with Crippen LogP contribution in [-0.4, -0.2) is 50.1 Å². The van der Waals surface area contributed by atoms with Crippen molar-refractivity contribution in [3.05, 3.63) is 0 Å². The van der Waals surface area contributed by atoms with E-state index in [0.29, 0.717) is 19.5 Å². The zero-order valence-electron chi connectivity index (χ0n) is 9.87. The van der Waals surface area contributed by atoms with Gasteiger partial charge in [-0.2, -0.15) is 0 Å². The van der Waals surface area contributed by atoms with E-state index < -0.39 is 0 Å². The SMILES string of the molecule is CCNC(=O)C(C)N(C)CCC(=O)OC. The van der Waals surface area contributed by atoms with Crippen LogP contribution in [-0.2, 0) is 14.3 Å². The average molecular weight is 216 g/mol. The number of hydrogen-bond donors (Lipinski definition) is 1. The van der Waals surface area contributed by atoms with Gasteiger partial charge in [0.05, 0.1) is 19.6 Å². The maximum Gasteiger partial charge on any atom is 0.306 e. The van der Waals surface area contributed by atoms with Crippen LogP contribution in [0.2, 0.25) is 0 Å². The van der Waals surface area contributed by atoms with E-state index in [-0.39, 0.29) is 17.9 Å². The van der Waals surface area contributed by atoms with Crippen molar-refractivity contribution in [1.82, 2.24) is 10.2 Å². The Bertz CT molecular complexity index is 219. The predicted octanol–water partition coefficient (Wildman–Crippen LogP) is 0.00590. The van der Waals surface area contributed by atoms with Gasteiger partial charge in [0.2, 0.25) is 5.91 Å². The molecule has 15 heavy (non-hydrogen) atoms. The summed E-state index contributed by atoms with van der Waals surface area (Å²) < 4.78 is 4.52. The fourth-order valence-corrected chi connectivity index (χ4v) is 1.09. The summed E-state index contributed by atoms with van der Waals surface area (Å²) in [7, 11) is 3.17. The van der Waals surface area contributed by atoms with Crippen molar-refractivity contribution in [2.45, 2.75) is 26.3 Å². The summed E-state index contributed by atoms with van der Waals surface area (Å²) in [5, 5.41) is 2.73. The lowest BCUT2D eigenvalue weighted by atomic mass is 10.2. The Hall–Kier alpha value is -1.10. The minimum Gasteiger partial charge on any atom is -0.469 e. The summed E-state index contributed by atoms with van der Waals surface area (Å²) in [6.45, 7) is 4.82. The Morgan fingerprint density at radius 3 is 2.53 bits per heavy atom. The van der Waals surface area contributed by atoms with Gasteiger partial charge in [0.25, 0.3) is 0 Å². The van der Waals surface area contributed by atoms with Crippen molar-refractivity contribution in [2.75, 3.05) is 27.2 Å². The fourth-order valence-electron chi connectivity index (χ4n) is 1.09. The van der Waals surface area contributed by atoms with Crippen LogP contribution in [0.3, 0.4) is 0 Å². The fraction of sp³-hybridized carbons (Fsp3) is 0.800. The van der Waals surface area contributed by atoms with E-state index in [9.17, 15) is 9.59 Å². The molecule has 0 fully saturated rings. The molecule has 0 radical (unpaired) electrons. The lowest BCUT2D eigenvalue weighted by Gasteiger charge is -2.22. The van der Waals surface area contributed by atoms with Crippen LogP contribution < -0.4 is 5.32 Å². The number of rotatable bonds is 6. The molecular formula is C10H20N2O3. The maximum absolute atomic E-state index is 11.4. The van der Waals surface area contributed by atoms with Crippen LogP contribution in [0, 0.1) is 0 Å². The van der Waals surface area contributed by atoms with E-state index >= 15 is 0 Å². The molecular weight excluding hydrogens is 196 g/mol. The molecule has 0 saturated heterocycles. The van der Waals surface area contributed by atoms with E-state index in [0.717, 1.165) is 0 Å². The molecule has 0 aliphatic rings. The van der Waals surface area contributed by atoms with E-state index in [4.69, 9.17) is 0 Å². The van der Waals surface area contributed by atoms with Crippen molar-refractivity contribution in [1.29, 1.82) is 0 Å². The minimum absolute atomic E-state index is 0.0233.